The molecule has 0 atom stereocenters. The van der Waals surface area contributed by atoms with E-state index in [-0.39, 0.29) is 5.91 Å². The van der Waals surface area contributed by atoms with Gasteiger partial charge in [-0.05, 0) is 13.0 Å². The second kappa shape index (κ2) is 3.54. The lowest BCUT2D eigenvalue weighted by Crippen LogP contribution is -2.06. The van der Waals surface area contributed by atoms with Gasteiger partial charge < -0.3 is 5.32 Å². The molecule has 1 rings (SSSR count). The first-order valence-electron chi connectivity index (χ1n) is 3.50. The predicted molar refractivity (Wildman–Crippen MR) is 48.3 cm³/mol. The largest absolute Gasteiger partial charge is 0.325 e. The molecular formula is C8H9ClN2O. The fraction of sp³-hybridized carbons (Fsp3) is 0.250. The smallest absolute Gasteiger partial charge is 0.221 e. The lowest BCUT2D eigenvalue weighted by molar-refractivity contribution is -0.114. The van der Waals surface area contributed by atoms with E-state index in [1.807, 2.05) is 0 Å². The summed E-state index contributed by atoms with van der Waals surface area (Å²) in [6.07, 6.45) is 1.60. The van der Waals surface area contributed by atoms with Crippen molar-refractivity contribution in [1.29, 1.82) is 0 Å². The number of carbonyl (C=O) groups is 1. The van der Waals surface area contributed by atoms with E-state index in [0.717, 1.165) is 0 Å². The predicted octanol–water partition coefficient (Wildman–Crippen LogP) is 2.00. The number of pyridine rings is 1. The van der Waals surface area contributed by atoms with Crippen LogP contribution in [0, 0.1) is 6.92 Å². The second-order valence-electron chi connectivity index (χ2n) is 2.44. The quantitative estimate of drug-likeness (QED) is 0.726. The molecule has 0 bridgehead atoms. The van der Waals surface area contributed by atoms with Crippen LogP contribution in [0.4, 0.5) is 5.69 Å². The van der Waals surface area contributed by atoms with E-state index in [0.29, 0.717) is 16.4 Å². The molecule has 12 heavy (non-hydrogen) atoms. The minimum Gasteiger partial charge on any atom is -0.325 e. The van der Waals surface area contributed by atoms with Crippen molar-refractivity contribution in [1.82, 2.24) is 4.98 Å². The molecule has 1 heterocycles. The van der Waals surface area contributed by atoms with Crippen LogP contribution in [0.15, 0.2) is 12.3 Å². The number of hydrogen-bond donors (Lipinski definition) is 1. The molecular weight excluding hydrogens is 176 g/mol. The van der Waals surface area contributed by atoms with Gasteiger partial charge in [-0.25, -0.2) is 0 Å². The Kier molecular flexibility index (Phi) is 2.65. The summed E-state index contributed by atoms with van der Waals surface area (Å²) in [7, 11) is 0. The molecule has 0 spiro atoms. The number of aromatic nitrogens is 1. The lowest BCUT2D eigenvalue weighted by Gasteiger charge is -2.05. The van der Waals surface area contributed by atoms with Gasteiger partial charge in [0.05, 0.1) is 16.4 Å². The molecule has 0 aliphatic rings. The Morgan fingerprint density at radius 2 is 2.33 bits per heavy atom. The van der Waals surface area contributed by atoms with Crippen LogP contribution in [0.2, 0.25) is 5.02 Å². The molecule has 0 fully saturated rings. The number of nitrogens with one attached hydrogen (secondary N) is 1. The van der Waals surface area contributed by atoms with Gasteiger partial charge in [0.25, 0.3) is 0 Å². The molecule has 1 N–H and O–H groups in total. The van der Waals surface area contributed by atoms with Crippen LogP contribution in [0.1, 0.15) is 12.6 Å². The van der Waals surface area contributed by atoms with E-state index in [2.05, 4.69) is 10.3 Å². The first-order valence-corrected chi connectivity index (χ1v) is 3.87. The summed E-state index contributed by atoms with van der Waals surface area (Å²) in [6, 6.07) is 1.66. The molecule has 0 saturated heterocycles. The number of anilines is 1. The van der Waals surface area contributed by atoms with Gasteiger partial charge >= 0.3 is 0 Å². The van der Waals surface area contributed by atoms with Gasteiger partial charge in [-0.15, -0.1) is 0 Å². The highest BCUT2D eigenvalue weighted by atomic mass is 35.5. The van der Waals surface area contributed by atoms with E-state index < -0.39 is 0 Å². The highest BCUT2D eigenvalue weighted by Gasteiger charge is 2.03. The van der Waals surface area contributed by atoms with E-state index in [9.17, 15) is 4.79 Å². The van der Waals surface area contributed by atoms with Gasteiger partial charge in [0.1, 0.15) is 0 Å². The van der Waals surface area contributed by atoms with Crippen LogP contribution in [0.5, 0.6) is 0 Å². The number of amides is 1. The number of aryl methyl sites for hydroxylation is 1. The topological polar surface area (TPSA) is 42.0 Å². The van der Waals surface area contributed by atoms with Crippen molar-refractivity contribution < 1.29 is 4.79 Å². The Balaban J connectivity index is 3.00. The molecule has 0 unspecified atom stereocenters. The van der Waals surface area contributed by atoms with E-state index in [4.69, 9.17) is 11.6 Å². The molecule has 64 valence electrons. The fourth-order valence-corrected chi connectivity index (χ4v) is 0.994. The van der Waals surface area contributed by atoms with Crippen LogP contribution >= 0.6 is 11.6 Å². The summed E-state index contributed by atoms with van der Waals surface area (Å²) in [5, 5.41) is 3.10. The maximum Gasteiger partial charge on any atom is 0.221 e. The van der Waals surface area contributed by atoms with Crippen LogP contribution in [0.3, 0.4) is 0 Å². The monoisotopic (exact) mass is 184 g/mol. The molecule has 3 nitrogen and oxygen atoms in total. The zero-order chi connectivity index (χ0) is 9.14. The standard InChI is InChI=1S/C8H9ClN2O/c1-5-8(9)7(3-4-10-5)11-6(2)12/h3-4H,1-2H3,(H,10,11,12). The summed E-state index contributed by atoms with van der Waals surface area (Å²) < 4.78 is 0. The van der Waals surface area contributed by atoms with Crippen molar-refractivity contribution >= 4 is 23.2 Å². The highest BCUT2D eigenvalue weighted by molar-refractivity contribution is 6.34. The third kappa shape index (κ3) is 1.95. The number of nitrogens with zero attached hydrogens (tertiary/aromatic N) is 1. The van der Waals surface area contributed by atoms with Crippen molar-refractivity contribution in [2.45, 2.75) is 13.8 Å². The van der Waals surface area contributed by atoms with Gasteiger partial charge in [0, 0.05) is 13.1 Å². The molecule has 4 heteroatoms. The molecule has 0 radical (unpaired) electrons. The van der Waals surface area contributed by atoms with Crippen LogP contribution in [-0.4, -0.2) is 10.9 Å². The van der Waals surface area contributed by atoms with E-state index >= 15 is 0 Å². The summed E-state index contributed by atoms with van der Waals surface area (Å²) in [4.78, 5) is 14.6. The summed E-state index contributed by atoms with van der Waals surface area (Å²) in [5.41, 5.74) is 1.32. The minimum absolute atomic E-state index is 0.137. The first-order chi connectivity index (χ1) is 5.61. The van der Waals surface area contributed by atoms with Gasteiger partial charge in [-0.3, -0.25) is 9.78 Å². The Labute approximate surface area is 75.8 Å². The Morgan fingerprint density at radius 1 is 1.67 bits per heavy atom. The van der Waals surface area contributed by atoms with E-state index in [1.165, 1.54) is 6.92 Å². The summed E-state index contributed by atoms with van der Waals surface area (Å²) in [6.45, 7) is 3.22. The maximum absolute atomic E-state index is 10.7. The minimum atomic E-state index is -0.137. The molecule has 1 amide bonds. The Bertz CT molecular complexity index is 312. The molecule has 0 aliphatic heterocycles. The Morgan fingerprint density at radius 3 is 2.92 bits per heavy atom. The van der Waals surface area contributed by atoms with Crippen molar-refractivity contribution in [3.8, 4) is 0 Å². The van der Waals surface area contributed by atoms with Crippen molar-refractivity contribution in [2.75, 3.05) is 5.32 Å². The van der Waals surface area contributed by atoms with Crippen LogP contribution < -0.4 is 5.32 Å². The normalized spacial score (nSPS) is 9.58. The third-order valence-corrected chi connectivity index (χ3v) is 1.85. The second-order valence-corrected chi connectivity index (χ2v) is 2.82. The van der Waals surface area contributed by atoms with Gasteiger partial charge in [0.15, 0.2) is 0 Å². The Hall–Kier alpha value is -1.09. The fourth-order valence-electron chi connectivity index (χ4n) is 0.835. The third-order valence-electron chi connectivity index (χ3n) is 1.37. The highest BCUT2D eigenvalue weighted by Crippen LogP contribution is 2.22. The number of rotatable bonds is 1. The van der Waals surface area contributed by atoms with Gasteiger partial charge in [-0.1, -0.05) is 11.6 Å². The van der Waals surface area contributed by atoms with Crippen molar-refractivity contribution in [2.24, 2.45) is 0 Å². The lowest BCUT2D eigenvalue weighted by atomic mass is 10.3. The van der Waals surface area contributed by atoms with Gasteiger partial charge in [0.2, 0.25) is 5.91 Å². The average Bonchev–Trinajstić information content (AvgIpc) is 1.98. The molecule has 1 aromatic heterocycles. The zero-order valence-corrected chi connectivity index (χ0v) is 7.64. The average molecular weight is 185 g/mol. The number of halogens is 1. The first kappa shape index (κ1) is 9.00. The molecule has 1 aromatic rings. The van der Waals surface area contributed by atoms with Crippen LogP contribution in [-0.2, 0) is 4.79 Å². The van der Waals surface area contributed by atoms with Crippen molar-refractivity contribution in [3.63, 3.8) is 0 Å². The SMILES string of the molecule is CC(=O)Nc1ccnc(C)c1Cl. The van der Waals surface area contributed by atoms with Gasteiger partial charge in [-0.2, -0.15) is 0 Å². The number of hydrogen-bond acceptors (Lipinski definition) is 2. The maximum atomic E-state index is 10.7. The summed E-state index contributed by atoms with van der Waals surface area (Å²) in [5.74, 6) is -0.137. The number of carbonyl (C=O) groups excluding carboxylic acids is 1. The van der Waals surface area contributed by atoms with Crippen molar-refractivity contribution in [3.05, 3.63) is 23.0 Å². The zero-order valence-electron chi connectivity index (χ0n) is 6.89. The molecule has 0 aliphatic carbocycles. The molecule has 0 saturated carbocycles. The molecule has 0 aromatic carbocycles. The summed E-state index contributed by atoms with van der Waals surface area (Å²) >= 11 is 5.86. The van der Waals surface area contributed by atoms with Crippen LogP contribution in [0.25, 0.3) is 0 Å². The van der Waals surface area contributed by atoms with E-state index in [1.54, 1.807) is 19.2 Å².